The lowest BCUT2D eigenvalue weighted by Gasteiger charge is -2.22. The summed E-state index contributed by atoms with van der Waals surface area (Å²) in [5, 5.41) is 5.80. The number of nitrogens with one attached hydrogen (secondary N) is 1. The molecule has 3 heteroatoms. The molecule has 3 rings (SSSR count). The quantitative estimate of drug-likeness (QED) is 0.825. The lowest BCUT2D eigenvalue weighted by atomic mass is 9.95. The molecule has 1 heterocycles. The van der Waals surface area contributed by atoms with E-state index in [4.69, 9.17) is 0 Å². The van der Waals surface area contributed by atoms with Crippen LogP contribution in [0.1, 0.15) is 31.4 Å². The Balaban J connectivity index is 1.52. The highest BCUT2D eigenvalue weighted by atomic mass is 32.1. The summed E-state index contributed by atoms with van der Waals surface area (Å²) in [5.74, 6) is 2.07. The van der Waals surface area contributed by atoms with Crippen molar-refractivity contribution in [1.82, 2.24) is 10.3 Å². The van der Waals surface area contributed by atoms with Crippen LogP contribution in [0, 0.1) is 11.8 Å². The van der Waals surface area contributed by atoms with Gasteiger partial charge in [0.15, 0.2) is 0 Å². The van der Waals surface area contributed by atoms with Crippen molar-refractivity contribution < 1.29 is 0 Å². The third kappa shape index (κ3) is 1.71. The van der Waals surface area contributed by atoms with Gasteiger partial charge in [0.05, 0.1) is 11.2 Å². The minimum absolute atomic E-state index is 0.787. The SMILES string of the molecule is c1nc(CNC2CCC[C@H]3C[C@@H]23)cs1. The minimum Gasteiger partial charge on any atom is -0.308 e. The molecule has 0 saturated heterocycles. The molecule has 2 aliphatic rings. The first-order valence-corrected chi connectivity index (χ1v) is 6.48. The van der Waals surface area contributed by atoms with E-state index in [2.05, 4.69) is 15.7 Å². The highest BCUT2D eigenvalue weighted by molar-refractivity contribution is 7.07. The van der Waals surface area contributed by atoms with E-state index in [1.54, 1.807) is 11.3 Å². The fourth-order valence-corrected chi connectivity index (χ4v) is 3.28. The Kier molecular flexibility index (Phi) is 2.30. The van der Waals surface area contributed by atoms with Crippen LogP contribution >= 0.6 is 11.3 Å². The van der Waals surface area contributed by atoms with E-state index < -0.39 is 0 Å². The van der Waals surface area contributed by atoms with Crippen molar-refractivity contribution in [1.29, 1.82) is 0 Å². The predicted molar refractivity (Wildman–Crippen MR) is 58.2 cm³/mol. The lowest BCUT2D eigenvalue weighted by molar-refractivity contribution is 0.351. The number of thiazole rings is 1. The highest BCUT2D eigenvalue weighted by Gasteiger charge is 2.44. The van der Waals surface area contributed by atoms with Crippen LogP contribution in [0.3, 0.4) is 0 Å². The van der Waals surface area contributed by atoms with Crippen molar-refractivity contribution in [3.63, 3.8) is 0 Å². The first-order valence-electron chi connectivity index (χ1n) is 5.54. The zero-order valence-electron chi connectivity index (χ0n) is 8.28. The molecule has 14 heavy (non-hydrogen) atoms. The van der Waals surface area contributed by atoms with Gasteiger partial charge in [0.25, 0.3) is 0 Å². The minimum atomic E-state index is 0.787. The molecule has 0 amide bonds. The van der Waals surface area contributed by atoms with E-state index >= 15 is 0 Å². The molecule has 0 aromatic carbocycles. The monoisotopic (exact) mass is 208 g/mol. The van der Waals surface area contributed by atoms with Gasteiger partial charge >= 0.3 is 0 Å². The molecule has 0 radical (unpaired) electrons. The van der Waals surface area contributed by atoms with Crippen LogP contribution in [0.5, 0.6) is 0 Å². The third-order valence-electron chi connectivity index (χ3n) is 3.61. The molecule has 2 aliphatic carbocycles. The molecule has 2 saturated carbocycles. The van der Waals surface area contributed by atoms with Crippen LogP contribution in [0.4, 0.5) is 0 Å². The maximum absolute atomic E-state index is 4.30. The molecule has 2 nitrogen and oxygen atoms in total. The normalized spacial score (nSPS) is 35.3. The van der Waals surface area contributed by atoms with E-state index in [0.29, 0.717) is 0 Å². The first kappa shape index (κ1) is 8.86. The summed E-state index contributed by atoms with van der Waals surface area (Å²) < 4.78 is 0. The van der Waals surface area contributed by atoms with Gasteiger partial charge in [-0.15, -0.1) is 11.3 Å². The zero-order valence-corrected chi connectivity index (χ0v) is 9.09. The molecule has 76 valence electrons. The number of hydrogen-bond donors (Lipinski definition) is 1. The van der Waals surface area contributed by atoms with Crippen molar-refractivity contribution in [3.8, 4) is 0 Å². The van der Waals surface area contributed by atoms with Crippen molar-refractivity contribution in [2.24, 2.45) is 11.8 Å². The second-order valence-electron chi connectivity index (χ2n) is 4.56. The summed E-state index contributed by atoms with van der Waals surface area (Å²) in [6.07, 6.45) is 5.77. The fraction of sp³-hybridized carbons (Fsp3) is 0.727. The van der Waals surface area contributed by atoms with Crippen molar-refractivity contribution >= 4 is 11.3 Å². The van der Waals surface area contributed by atoms with Gasteiger partial charge in [-0.2, -0.15) is 0 Å². The summed E-state index contributed by atoms with van der Waals surface area (Å²) >= 11 is 1.69. The Morgan fingerprint density at radius 2 is 2.50 bits per heavy atom. The van der Waals surface area contributed by atoms with Crippen molar-refractivity contribution in [3.05, 3.63) is 16.6 Å². The number of rotatable bonds is 3. The summed E-state index contributed by atoms with van der Waals surface area (Å²) in [6.45, 7) is 0.970. The molecule has 1 aromatic heterocycles. The van der Waals surface area contributed by atoms with Gasteiger partial charge in [-0.1, -0.05) is 12.8 Å². The molecule has 1 N–H and O–H groups in total. The van der Waals surface area contributed by atoms with Crippen LogP contribution in [-0.2, 0) is 6.54 Å². The Labute approximate surface area is 88.7 Å². The van der Waals surface area contributed by atoms with Gasteiger partial charge in [0.1, 0.15) is 0 Å². The van der Waals surface area contributed by atoms with Gasteiger partial charge in [-0.3, -0.25) is 0 Å². The number of hydrogen-bond acceptors (Lipinski definition) is 3. The molecule has 3 atom stereocenters. The van der Waals surface area contributed by atoms with Crippen LogP contribution in [0.2, 0.25) is 0 Å². The fourth-order valence-electron chi connectivity index (χ4n) is 2.72. The number of fused-ring (bicyclic) bond motifs is 1. The van der Waals surface area contributed by atoms with Crippen LogP contribution < -0.4 is 5.32 Å². The van der Waals surface area contributed by atoms with Crippen LogP contribution in [0.15, 0.2) is 10.9 Å². The Morgan fingerprint density at radius 1 is 1.50 bits per heavy atom. The molecule has 1 unspecified atom stereocenters. The topological polar surface area (TPSA) is 24.9 Å². The van der Waals surface area contributed by atoms with Gasteiger partial charge in [-0.25, -0.2) is 4.98 Å². The standard InChI is InChI=1S/C11H16N2S/c1-2-8-4-10(8)11(3-1)12-5-9-6-14-7-13-9/h6-8,10-12H,1-5H2/t8-,10+,11?/m0/s1. The van der Waals surface area contributed by atoms with E-state index in [1.807, 2.05) is 5.51 Å². The van der Waals surface area contributed by atoms with Gasteiger partial charge in [0, 0.05) is 18.0 Å². The van der Waals surface area contributed by atoms with E-state index in [0.717, 1.165) is 24.4 Å². The summed E-state index contributed by atoms with van der Waals surface area (Å²) in [7, 11) is 0. The Bertz CT molecular complexity index is 296. The Hall–Kier alpha value is -0.410. The average molecular weight is 208 g/mol. The van der Waals surface area contributed by atoms with Crippen LogP contribution in [0.25, 0.3) is 0 Å². The van der Waals surface area contributed by atoms with Crippen molar-refractivity contribution in [2.45, 2.75) is 38.3 Å². The number of nitrogens with zero attached hydrogens (tertiary/aromatic N) is 1. The maximum Gasteiger partial charge on any atom is 0.0795 e. The van der Waals surface area contributed by atoms with E-state index in [9.17, 15) is 0 Å². The highest BCUT2D eigenvalue weighted by Crippen LogP contribution is 2.49. The predicted octanol–water partition coefficient (Wildman–Crippen LogP) is 2.42. The Morgan fingerprint density at radius 3 is 3.36 bits per heavy atom. The second kappa shape index (κ2) is 3.63. The van der Waals surface area contributed by atoms with Crippen molar-refractivity contribution in [2.75, 3.05) is 0 Å². The lowest BCUT2D eigenvalue weighted by Crippen LogP contribution is -2.33. The third-order valence-corrected chi connectivity index (χ3v) is 4.25. The molecule has 1 aromatic rings. The summed E-state index contributed by atoms with van der Waals surface area (Å²) in [6, 6.07) is 0.787. The van der Waals surface area contributed by atoms with E-state index in [1.165, 1.54) is 31.4 Å². The van der Waals surface area contributed by atoms with Gasteiger partial charge in [-0.05, 0) is 24.7 Å². The zero-order chi connectivity index (χ0) is 9.38. The summed E-state index contributed by atoms with van der Waals surface area (Å²) in [4.78, 5) is 4.30. The first-order chi connectivity index (χ1) is 6.93. The molecule has 0 spiro atoms. The molecule has 2 fully saturated rings. The molecule has 0 bridgehead atoms. The van der Waals surface area contributed by atoms with E-state index in [-0.39, 0.29) is 0 Å². The number of aromatic nitrogens is 1. The molecular formula is C11H16N2S. The maximum atomic E-state index is 4.30. The molecular weight excluding hydrogens is 192 g/mol. The molecule has 0 aliphatic heterocycles. The average Bonchev–Trinajstić information content (AvgIpc) is 2.83. The smallest absolute Gasteiger partial charge is 0.0795 e. The van der Waals surface area contributed by atoms with Gasteiger partial charge in [0.2, 0.25) is 0 Å². The summed E-state index contributed by atoms with van der Waals surface area (Å²) in [5.41, 5.74) is 3.12. The van der Waals surface area contributed by atoms with Crippen LogP contribution in [-0.4, -0.2) is 11.0 Å². The largest absolute Gasteiger partial charge is 0.308 e. The second-order valence-corrected chi connectivity index (χ2v) is 5.28. The van der Waals surface area contributed by atoms with Gasteiger partial charge < -0.3 is 5.32 Å².